The second-order valence-corrected chi connectivity index (χ2v) is 8.80. The molecule has 0 radical (unpaired) electrons. The number of aromatic hydroxyl groups is 1. The molecule has 0 unspecified atom stereocenters. The molecule has 3 rings (SSSR count). The lowest BCUT2D eigenvalue weighted by molar-refractivity contribution is 0.305. The van der Waals surface area contributed by atoms with Gasteiger partial charge >= 0.3 is 0 Å². The van der Waals surface area contributed by atoms with Gasteiger partial charge < -0.3 is 15.2 Å². The number of halogens is 3. The summed E-state index contributed by atoms with van der Waals surface area (Å²) < 4.78 is 6.04. The van der Waals surface area contributed by atoms with Crippen molar-refractivity contribution in [2.75, 3.05) is 0 Å². The molecule has 6 heteroatoms. The minimum absolute atomic E-state index is 0. The van der Waals surface area contributed by atoms with Crippen LogP contribution in [0.15, 0.2) is 60.7 Å². The Bertz CT molecular complexity index is 986. The minimum atomic E-state index is -0.0862. The number of benzene rings is 3. The monoisotopic (exact) mass is 465 g/mol. The van der Waals surface area contributed by atoms with Gasteiger partial charge in [-0.3, -0.25) is 0 Å². The Balaban J connectivity index is 0.00000320. The topological polar surface area (TPSA) is 41.5 Å². The van der Waals surface area contributed by atoms with E-state index in [-0.39, 0.29) is 23.7 Å². The van der Waals surface area contributed by atoms with Crippen molar-refractivity contribution in [3.8, 4) is 22.6 Å². The SMILES string of the molecule is CC(C)(C)NCc1cc(OCc2ccccc2)cc(-c2ccc(Cl)c(Cl)c2)c1O.Cl. The molecule has 0 heterocycles. The molecular weight excluding hydrogens is 441 g/mol. The normalized spacial score (nSPS) is 11.1. The van der Waals surface area contributed by atoms with Crippen LogP contribution < -0.4 is 10.1 Å². The maximum Gasteiger partial charge on any atom is 0.128 e. The summed E-state index contributed by atoms with van der Waals surface area (Å²) >= 11 is 12.3. The molecule has 0 fully saturated rings. The molecule has 0 saturated carbocycles. The van der Waals surface area contributed by atoms with Gasteiger partial charge in [0.05, 0.1) is 10.0 Å². The quantitative estimate of drug-likeness (QED) is 0.402. The molecule has 0 aliphatic rings. The standard InChI is InChI=1S/C24H25Cl2NO2.ClH/c1-24(2,3)27-14-18-11-19(29-15-16-7-5-4-6-8-16)13-20(23(18)28)17-9-10-21(25)22(26)12-17;/h4-13,27-28H,14-15H2,1-3H3;1H. The first-order valence-electron chi connectivity index (χ1n) is 9.46. The largest absolute Gasteiger partial charge is 0.507 e. The van der Waals surface area contributed by atoms with Gasteiger partial charge in [-0.15, -0.1) is 12.4 Å². The molecule has 0 aliphatic heterocycles. The third kappa shape index (κ3) is 6.55. The Labute approximate surface area is 194 Å². The summed E-state index contributed by atoms with van der Waals surface area (Å²) in [6.45, 7) is 7.20. The summed E-state index contributed by atoms with van der Waals surface area (Å²) in [6.07, 6.45) is 0. The average molecular weight is 467 g/mol. The molecule has 0 saturated heterocycles. The number of rotatable bonds is 6. The maximum atomic E-state index is 10.9. The van der Waals surface area contributed by atoms with Gasteiger partial charge in [-0.2, -0.15) is 0 Å². The van der Waals surface area contributed by atoms with E-state index in [1.807, 2.05) is 48.5 Å². The van der Waals surface area contributed by atoms with Crippen LogP contribution in [-0.4, -0.2) is 10.6 Å². The lowest BCUT2D eigenvalue weighted by Crippen LogP contribution is -2.35. The second-order valence-electron chi connectivity index (χ2n) is 7.99. The molecule has 2 N–H and O–H groups in total. The number of phenolic OH excluding ortho intramolecular Hbond substituents is 1. The molecule has 0 spiro atoms. The summed E-state index contributed by atoms with van der Waals surface area (Å²) in [4.78, 5) is 0. The summed E-state index contributed by atoms with van der Waals surface area (Å²) in [5.74, 6) is 0.880. The Kier molecular flexibility index (Phi) is 8.45. The molecule has 160 valence electrons. The van der Waals surface area contributed by atoms with Gasteiger partial charge in [-0.05, 0) is 56.2 Å². The number of phenols is 1. The zero-order valence-corrected chi connectivity index (χ0v) is 19.5. The van der Waals surface area contributed by atoms with Crippen molar-refractivity contribution in [3.05, 3.63) is 81.8 Å². The Morgan fingerprint density at radius 2 is 1.63 bits per heavy atom. The molecule has 0 aliphatic carbocycles. The number of hydrogen-bond donors (Lipinski definition) is 2. The van der Waals surface area contributed by atoms with Crippen molar-refractivity contribution in [2.24, 2.45) is 0 Å². The molecule has 0 bridgehead atoms. The van der Waals surface area contributed by atoms with E-state index in [0.29, 0.717) is 34.5 Å². The third-order valence-corrected chi connectivity index (χ3v) is 5.19. The van der Waals surface area contributed by atoms with E-state index in [0.717, 1.165) is 16.7 Å². The lowest BCUT2D eigenvalue weighted by atomic mass is 10.00. The molecular formula is C24H26Cl3NO2. The lowest BCUT2D eigenvalue weighted by Gasteiger charge is -2.22. The van der Waals surface area contributed by atoms with Gasteiger partial charge in [-0.25, -0.2) is 0 Å². The predicted molar refractivity (Wildman–Crippen MR) is 128 cm³/mol. The molecule has 0 amide bonds. The first-order valence-corrected chi connectivity index (χ1v) is 10.2. The zero-order valence-electron chi connectivity index (χ0n) is 17.2. The zero-order chi connectivity index (χ0) is 21.0. The number of ether oxygens (including phenoxy) is 1. The van der Waals surface area contributed by atoms with Crippen LogP contribution in [-0.2, 0) is 13.2 Å². The average Bonchev–Trinajstić information content (AvgIpc) is 2.68. The van der Waals surface area contributed by atoms with Crippen molar-refractivity contribution >= 4 is 35.6 Å². The van der Waals surface area contributed by atoms with Gasteiger partial charge in [0, 0.05) is 23.2 Å². The van der Waals surface area contributed by atoms with Crippen LogP contribution in [0.2, 0.25) is 10.0 Å². The van der Waals surface area contributed by atoms with Crippen LogP contribution in [0.5, 0.6) is 11.5 Å². The number of hydrogen-bond acceptors (Lipinski definition) is 3. The van der Waals surface area contributed by atoms with Crippen molar-refractivity contribution in [1.29, 1.82) is 0 Å². The highest BCUT2D eigenvalue weighted by atomic mass is 35.5. The first kappa shape index (κ1) is 24.4. The van der Waals surface area contributed by atoms with Crippen LogP contribution >= 0.6 is 35.6 Å². The van der Waals surface area contributed by atoms with Gasteiger partial charge in [0.1, 0.15) is 18.1 Å². The van der Waals surface area contributed by atoms with E-state index in [2.05, 4.69) is 26.1 Å². The summed E-state index contributed by atoms with van der Waals surface area (Å²) in [5, 5.41) is 15.3. The van der Waals surface area contributed by atoms with Gasteiger partial charge in [-0.1, -0.05) is 59.6 Å². The van der Waals surface area contributed by atoms with Crippen LogP contribution in [0.1, 0.15) is 31.9 Å². The van der Waals surface area contributed by atoms with E-state index in [9.17, 15) is 5.11 Å². The minimum Gasteiger partial charge on any atom is -0.507 e. The van der Waals surface area contributed by atoms with E-state index in [4.69, 9.17) is 27.9 Å². The van der Waals surface area contributed by atoms with E-state index >= 15 is 0 Å². The Morgan fingerprint density at radius 3 is 2.27 bits per heavy atom. The fourth-order valence-electron chi connectivity index (χ4n) is 2.87. The van der Waals surface area contributed by atoms with Crippen LogP contribution in [0.4, 0.5) is 0 Å². The highest BCUT2D eigenvalue weighted by molar-refractivity contribution is 6.42. The molecule has 0 atom stereocenters. The Hall–Kier alpha value is -1.91. The molecule has 3 aromatic carbocycles. The first-order chi connectivity index (χ1) is 13.7. The maximum absolute atomic E-state index is 10.9. The van der Waals surface area contributed by atoms with Crippen molar-refractivity contribution in [3.63, 3.8) is 0 Å². The molecule has 0 aromatic heterocycles. The second kappa shape index (κ2) is 10.4. The van der Waals surface area contributed by atoms with Crippen molar-refractivity contribution in [2.45, 2.75) is 39.5 Å². The van der Waals surface area contributed by atoms with Crippen molar-refractivity contribution in [1.82, 2.24) is 5.32 Å². The fraction of sp³-hybridized carbons (Fsp3) is 0.250. The van der Waals surface area contributed by atoms with Crippen LogP contribution in [0.3, 0.4) is 0 Å². The summed E-state index contributed by atoms with van der Waals surface area (Å²) in [7, 11) is 0. The van der Waals surface area contributed by atoms with Gasteiger partial charge in [0.2, 0.25) is 0 Å². The van der Waals surface area contributed by atoms with Gasteiger partial charge in [0.25, 0.3) is 0 Å². The highest BCUT2D eigenvalue weighted by Crippen LogP contribution is 2.38. The van der Waals surface area contributed by atoms with Crippen molar-refractivity contribution < 1.29 is 9.84 Å². The van der Waals surface area contributed by atoms with Crippen LogP contribution in [0.25, 0.3) is 11.1 Å². The molecule has 3 nitrogen and oxygen atoms in total. The molecule has 3 aromatic rings. The third-order valence-electron chi connectivity index (χ3n) is 4.45. The van der Waals surface area contributed by atoms with E-state index in [1.54, 1.807) is 12.1 Å². The van der Waals surface area contributed by atoms with E-state index in [1.165, 1.54) is 0 Å². The highest BCUT2D eigenvalue weighted by Gasteiger charge is 2.16. The summed E-state index contributed by atoms with van der Waals surface area (Å²) in [6, 6.07) is 19.0. The van der Waals surface area contributed by atoms with Gasteiger partial charge in [0.15, 0.2) is 0 Å². The van der Waals surface area contributed by atoms with E-state index < -0.39 is 0 Å². The Morgan fingerprint density at radius 1 is 0.933 bits per heavy atom. The number of nitrogens with one attached hydrogen (secondary N) is 1. The predicted octanol–water partition coefficient (Wildman–Crippen LogP) is 7.25. The smallest absolute Gasteiger partial charge is 0.128 e. The summed E-state index contributed by atoms with van der Waals surface area (Å²) in [5.41, 5.74) is 3.17. The molecule has 30 heavy (non-hydrogen) atoms. The van der Waals surface area contributed by atoms with Crippen LogP contribution in [0, 0.1) is 0 Å². The fourth-order valence-corrected chi connectivity index (χ4v) is 3.17.